The van der Waals surface area contributed by atoms with Gasteiger partial charge in [0.1, 0.15) is 0 Å². The van der Waals surface area contributed by atoms with Crippen LogP contribution in [-0.4, -0.2) is 24.9 Å². The molecule has 0 radical (unpaired) electrons. The number of nitrogens with one attached hydrogen (secondary N) is 2. The van der Waals surface area contributed by atoms with E-state index in [1.807, 2.05) is 13.8 Å². The van der Waals surface area contributed by atoms with Crippen LogP contribution in [0, 0.1) is 17.6 Å². The smallest absolute Gasteiger partial charge is 0.254 e. The zero-order valence-corrected chi connectivity index (χ0v) is 10.8. The van der Waals surface area contributed by atoms with Gasteiger partial charge in [0.15, 0.2) is 11.6 Å². The number of carbonyl (C=O) groups is 2. The van der Waals surface area contributed by atoms with Gasteiger partial charge in [-0.15, -0.1) is 0 Å². The van der Waals surface area contributed by atoms with Crippen LogP contribution in [0.15, 0.2) is 18.2 Å². The maximum absolute atomic E-state index is 13.3. The zero-order valence-electron chi connectivity index (χ0n) is 10.8. The number of halogens is 2. The predicted octanol–water partition coefficient (Wildman–Crippen LogP) is 1.47. The number of hydrogen-bond donors (Lipinski definition) is 2. The summed E-state index contributed by atoms with van der Waals surface area (Å²) in [4.78, 5) is 22.9. The summed E-state index contributed by atoms with van der Waals surface area (Å²) in [6.07, 6.45) is 0. The van der Waals surface area contributed by atoms with Crippen LogP contribution < -0.4 is 10.6 Å². The first-order chi connectivity index (χ1) is 8.91. The quantitative estimate of drug-likeness (QED) is 0.851. The maximum Gasteiger partial charge on any atom is 0.254 e. The van der Waals surface area contributed by atoms with Crippen molar-refractivity contribution >= 4 is 11.8 Å². The molecule has 0 aliphatic carbocycles. The number of carbonyl (C=O) groups excluding carboxylic acids is 2. The topological polar surface area (TPSA) is 58.2 Å². The van der Waals surface area contributed by atoms with E-state index in [1.165, 1.54) is 6.07 Å². The van der Waals surface area contributed by atoms with E-state index >= 15 is 0 Å². The summed E-state index contributed by atoms with van der Waals surface area (Å²) in [6, 6.07) is 3.30. The van der Waals surface area contributed by atoms with Crippen molar-refractivity contribution < 1.29 is 18.4 Å². The molecular weight excluding hydrogens is 254 g/mol. The predicted molar refractivity (Wildman–Crippen MR) is 66.5 cm³/mol. The Balaban J connectivity index is 2.52. The molecule has 1 rings (SSSR count). The normalized spacial score (nSPS) is 10.4. The summed E-state index contributed by atoms with van der Waals surface area (Å²) in [5.74, 6) is -3.23. The lowest BCUT2D eigenvalue weighted by Gasteiger charge is -2.09. The van der Waals surface area contributed by atoms with Crippen molar-refractivity contribution in [1.29, 1.82) is 0 Å². The largest absolute Gasteiger partial charge is 0.354 e. The molecule has 2 amide bonds. The fourth-order valence-electron chi connectivity index (χ4n) is 1.32. The summed E-state index contributed by atoms with van der Waals surface area (Å²) in [6.45, 7) is 4.08. The van der Waals surface area contributed by atoms with Crippen molar-refractivity contribution in [2.45, 2.75) is 13.8 Å². The first kappa shape index (κ1) is 15.1. The van der Waals surface area contributed by atoms with Crippen LogP contribution in [-0.2, 0) is 4.79 Å². The van der Waals surface area contributed by atoms with E-state index in [9.17, 15) is 18.4 Å². The van der Waals surface area contributed by atoms with Gasteiger partial charge < -0.3 is 10.6 Å². The minimum absolute atomic E-state index is 0.276. The van der Waals surface area contributed by atoms with Gasteiger partial charge in [-0.25, -0.2) is 8.78 Å². The Bertz CT molecular complexity index is 476. The summed E-state index contributed by atoms with van der Waals surface area (Å²) >= 11 is 0. The third-order valence-corrected chi connectivity index (χ3v) is 2.31. The van der Waals surface area contributed by atoms with E-state index < -0.39 is 23.1 Å². The van der Waals surface area contributed by atoms with Gasteiger partial charge in [-0.1, -0.05) is 19.9 Å². The van der Waals surface area contributed by atoms with Gasteiger partial charge in [0.05, 0.1) is 12.1 Å². The van der Waals surface area contributed by atoms with Gasteiger partial charge in [0, 0.05) is 6.54 Å². The Morgan fingerprint density at radius 3 is 2.53 bits per heavy atom. The lowest BCUT2D eigenvalue weighted by atomic mass is 10.2. The zero-order chi connectivity index (χ0) is 14.4. The van der Waals surface area contributed by atoms with E-state index in [1.54, 1.807) is 0 Å². The van der Waals surface area contributed by atoms with E-state index in [4.69, 9.17) is 0 Å². The lowest BCUT2D eigenvalue weighted by Crippen LogP contribution is -2.38. The Morgan fingerprint density at radius 1 is 1.21 bits per heavy atom. The average Bonchev–Trinajstić information content (AvgIpc) is 2.36. The first-order valence-electron chi connectivity index (χ1n) is 5.90. The molecule has 6 heteroatoms. The average molecular weight is 270 g/mol. The second-order valence-electron chi connectivity index (χ2n) is 4.48. The molecule has 0 fully saturated rings. The fourth-order valence-corrected chi connectivity index (χ4v) is 1.32. The summed E-state index contributed by atoms with van der Waals surface area (Å²) in [7, 11) is 0. The number of hydrogen-bond acceptors (Lipinski definition) is 2. The SMILES string of the molecule is CC(C)CNC(=O)CNC(=O)c1cccc(F)c1F. The third-order valence-electron chi connectivity index (χ3n) is 2.31. The summed E-state index contributed by atoms with van der Waals surface area (Å²) in [5.41, 5.74) is -0.420. The highest BCUT2D eigenvalue weighted by Crippen LogP contribution is 2.10. The number of amides is 2. The minimum atomic E-state index is -1.22. The monoisotopic (exact) mass is 270 g/mol. The van der Waals surface area contributed by atoms with Crippen LogP contribution in [0.4, 0.5) is 8.78 Å². The number of rotatable bonds is 5. The molecule has 0 aliphatic heterocycles. The maximum atomic E-state index is 13.3. The van der Waals surface area contributed by atoms with Crippen molar-refractivity contribution in [3.05, 3.63) is 35.4 Å². The van der Waals surface area contributed by atoms with Gasteiger partial charge in [0.2, 0.25) is 5.91 Å². The van der Waals surface area contributed by atoms with Crippen LogP contribution in [0.1, 0.15) is 24.2 Å². The minimum Gasteiger partial charge on any atom is -0.354 e. The van der Waals surface area contributed by atoms with E-state index in [0.717, 1.165) is 12.1 Å². The molecule has 1 aromatic rings. The van der Waals surface area contributed by atoms with Crippen molar-refractivity contribution in [2.75, 3.05) is 13.1 Å². The molecule has 0 heterocycles. The molecule has 104 valence electrons. The van der Waals surface area contributed by atoms with Crippen molar-refractivity contribution in [3.63, 3.8) is 0 Å². The molecule has 19 heavy (non-hydrogen) atoms. The van der Waals surface area contributed by atoms with Gasteiger partial charge in [-0.3, -0.25) is 9.59 Å². The molecule has 0 aliphatic rings. The second kappa shape index (κ2) is 6.82. The van der Waals surface area contributed by atoms with Crippen molar-refractivity contribution in [1.82, 2.24) is 10.6 Å². The highest BCUT2D eigenvalue weighted by Gasteiger charge is 2.15. The molecule has 0 atom stereocenters. The first-order valence-corrected chi connectivity index (χ1v) is 5.90. The van der Waals surface area contributed by atoms with Crippen LogP contribution in [0.25, 0.3) is 0 Å². The Hall–Kier alpha value is -1.98. The molecule has 0 spiro atoms. The Kier molecular flexibility index (Phi) is 5.41. The molecule has 0 unspecified atom stereocenters. The summed E-state index contributed by atoms with van der Waals surface area (Å²) in [5, 5.41) is 4.83. The molecular formula is C13H16F2N2O2. The van der Waals surface area contributed by atoms with Gasteiger partial charge >= 0.3 is 0 Å². The van der Waals surface area contributed by atoms with Crippen molar-refractivity contribution in [3.8, 4) is 0 Å². The number of benzene rings is 1. The van der Waals surface area contributed by atoms with Gasteiger partial charge in [-0.2, -0.15) is 0 Å². The standard InChI is InChI=1S/C13H16F2N2O2/c1-8(2)6-16-11(18)7-17-13(19)9-4-3-5-10(14)12(9)15/h3-5,8H,6-7H2,1-2H3,(H,16,18)(H,17,19). The van der Waals surface area contributed by atoms with Crippen LogP contribution in [0.3, 0.4) is 0 Å². The molecule has 0 saturated carbocycles. The van der Waals surface area contributed by atoms with E-state index in [-0.39, 0.29) is 12.5 Å². The molecule has 0 aromatic heterocycles. The Labute approximate surface area is 110 Å². The highest BCUT2D eigenvalue weighted by molar-refractivity contribution is 5.96. The van der Waals surface area contributed by atoms with Gasteiger partial charge in [-0.05, 0) is 18.1 Å². The van der Waals surface area contributed by atoms with Crippen LogP contribution in [0.5, 0.6) is 0 Å². The highest BCUT2D eigenvalue weighted by atomic mass is 19.2. The van der Waals surface area contributed by atoms with E-state index in [0.29, 0.717) is 12.5 Å². The van der Waals surface area contributed by atoms with E-state index in [2.05, 4.69) is 10.6 Å². The molecule has 0 saturated heterocycles. The molecule has 2 N–H and O–H groups in total. The Morgan fingerprint density at radius 2 is 1.89 bits per heavy atom. The summed E-state index contributed by atoms with van der Waals surface area (Å²) < 4.78 is 26.2. The van der Waals surface area contributed by atoms with Crippen LogP contribution in [0.2, 0.25) is 0 Å². The van der Waals surface area contributed by atoms with Crippen LogP contribution >= 0.6 is 0 Å². The third kappa shape index (κ3) is 4.65. The fraction of sp³-hybridized carbons (Fsp3) is 0.385. The van der Waals surface area contributed by atoms with Crippen molar-refractivity contribution in [2.24, 2.45) is 5.92 Å². The molecule has 0 bridgehead atoms. The second-order valence-corrected chi connectivity index (χ2v) is 4.48. The molecule has 4 nitrogen and oxygen atoms in total. The van der Waals surface area contributed by atoms with Gasteiger partial charge in [0.25, 0.3) is 5.91 Å². The molecule has 1 aromatic carbocycles. The lowest BCUT2D eigenvalue weighted by molar-refractivity contribution is -0.120.